The standard InChI is InChI=1S/C17H12Cl2N2O2S/c18-13-7-6-12(10-14(13)19)21-15(22)17(11-4-2-1-3-5-11)20(16(21)23)8-9-24-17/h1-7,10H,8-9H2. The summed E-state index contributed by atoms with van der Waals surface area (Å²) in [5, 5.41) is 0.690. The van der Waals surface area contributed by atoms with E-state index >= 15 is 0 Å². The molecule has 1 atom stereocenters. The molecule has 7 heteroatoms. The van der Waals surface area contributed by atoms with Gasteiger partial charge in [0.05, 0.1) is 15.7 Å². The fraction of sp³-hybridized carbons (Fsp3) is 0.176. The van der Waals surface area contributed by atoms with E-state index in [-0.39, 0.29) is 11.9 Å². The lowest BCUT2D eigenvalue weighted by molar-refractivity contribution is -0.121. The number of hydrogen-bond acceptors (Lipinski definition) is 3. The van der Waals surface area contributed by atoms with Crippen molar-refractivity contribution in [1.82, 2.24) is 4.90 Å². The SMILES string of the molecule is O=C1N(c2ccc(Cl)c(Cl)c2)C(=O)C2(c3ccccc3)SCCN12. The molecule has 0 N–H and O–H groups in total. The average Bonchev–Trinajstić information content (AvgIpc) is 3.12. The van der Waals surface area contributed by atoms with Gasteiger partial charge in [0, 0.05) is 12.3 Å². The largest absolute Gasteiger partial charge is 0.333 e. The minimum atomic E-state index is -0.996. The molecule has 122 valence electrons. The van der Waals surface area contributed by atoms with E-state index in [2.05, 4.69) is 0 Å². The van der Waals surface area contributed by atoms with Crippen molar-refractivity contribution in [1.29, 1.82) is 0 Å². The Labute approximate surface area is 153 Å². The first-order valence-electron chi connectivity index (χ1n) is 7.36. The number of imide groups is 1. The molecule has 2 aromatic carbocycles. The lowest BCUT2D eigenvalue weighted by Crippen LogP contribution is -2.39. The second kappa shape index (κ2) is 5.69. The van der Waals surface area contributed by atoms with Crippen molar-refractivity contribution in [3.8, 4) is 0 Å². The van der Waals surface area contributed by atoms with Crippen LogP contribution < -0.4 is 4.90 Å². The molecular formula is C17H12Cl2N2O2S. The zero-order chi connectivity index (χ0) is 16.9. The molecule has 0 aromatic heterocycles. The van der Waals surface area contributed by atoms with Gasteiger partial charge < -0.3 is 0 Å². The van der Waals surface area contributed by atoms with E-state index < -0.39 is 4.87 Å². The first kappa shape index (κ1) is 15.8. The van der Waals surface area contributed by atoms with Crippen molar-refractivity contribution < 1.29 is 9.59 Å². The van der Waals surface area contributed by atoms with Gasteiger partial charge in [0.25, 0.3) is 5.91 Å². The van der Waals surface area contributed by atoms with Crippen LogP contribution in [0.3, 0.4) is 0 Å². The Balaban J connectivity index is 1.84. The molecule has 0 saturated carbocycles. The van der Waals surface area contributed by atoms with Crippen molar-refractivity contribution >= 4 is 52.6 Å². The van der Waals surface area contributed by atoms with Crippen LogP contribution in [0.2, 0.25) is 10.0 Å². The minimum absolute atomic E-state index is 0.264. The van der Waals surface area contributed by atoms with Crippen LogP contribution >= 0.6 is 35.0 Å². The predicted octanol–water partition coefficient (Wildman–Crippen LogP) is 4.36. The Morgan fingerprint density at radius 2 is 1.75 bits per heavy atom. The van der Waals surface area contributed by atoms with E-state index in [0.29, 0.717) is 22.3 Å². The minimum Gasteiger partial charge on any atom is -0.296 e. The number of carbonyl (C=O) groups excluding carboxylic acids is 2. The third-order valence-corrected chi connectivity index (χ3v) is 6.42. The Morgan fingerprint density at radius 1 is 1.00 bits per heavy atom. The van der Waals surface area contributed by atoms with Crippen molar-refractivity contribution in [3.05, 3.63) is 64.1 Å². The lowest BCUT2D eigenvalue weighted by Gasteiger charge is -2.27. The highest BCUT2D eigenvalue weighted by Crippen LogP contribution is 2.51. The monoisotopic (exact) mass is 378 g/mol. The smallest absolute Gasteiger partial charge is 0.296 e. The maximum atomic E-state index is 13.3. The van der Waals surface area contributed by atoms with Gasteiger partial charge in [-0.1, -0.05) is 53.5 Å². The van der Waals surface area contributed by atoms with Gasteiger partial charge in [-0.2, -0.15) is 0 Å². The fourth-order valence-corrected chi connectivity index (χ4v) is 4.87. The van der Waals surface area contributed by atoms with Crippen LogP contribution in [0.25, 0.3) is 0 Å². The second-order valence-corrected chi connectivity index (χ2v) is 7.63. The average molecular weight is 379 g/mol. The van der Waals surface area contributed by atoms with Gasteiger partial charge in [0.1, 0.15) is 0 Å². The molecule has 4 nitrogen and oxygen atoms in total. The van der Waals surface area contributed by atoms with Gasteiger partial charge in [0.2, 0.25) is 0 Å². The molecule has 2 aliphatic heterocycles. The molecule has 0 aliphatic carbocycles. The van der Waals surface area contributed by atoms with Crippen molar-refractivity contribution in [2.75, 3.05) is 17.2 Å². The third kappa shape index (κ3) is 2.08. The van der Waals surface area contributed by atoms with Crippen LogP contribution in [-0.2, 0) is 9.67 Å². The first-order chi connectivity index (χ1) is 11.6. The molecule has 0 spiro atoms. The number of carbonyl (C=O) groups is 2. The quantitative estimate of drug-likeness (QED) is 0.728. The van der Waals surface area contributed by atoms with E-state index in [1.54, 1.807) is 23.1 Å². The Morgan fingerprint density at radius 3 is 2.46 bits per heavy atom. The zero-order valence-corrected chi connectivity index (χ0v) is 14.7. The summed E-state index contributed by atoms with van der Waals surface area (Å²) in [7, 11) is 0. The topological polar surface area (TPSA) is 40.6 Å². The fourth-order valence-electron chi connectivity index (χ4n) is 3.17. The molecule has 1 unspecified atom stereocenters. The molecule has 3 amide bonds. The number of thioether (sulfide) groups is 1. The highest BCUT2D eigenvalue weighted by atomic mass is 35.5. The molecule has 24 heavy (non-hydrogen) atoms. The van der Waals surface area contributed by atoms with Gasteiger partial charge in [0.15, 0.2) is 4.87 Å². The molecule has 2 fully saturated rings. The van der Waals surface area contributed by atoms with Gasteiger partial charge in [-0.3, -0.25) is 9.69 Å². The van der Waals surface area contributed by atoms with Crippen LogP contribution in [-0.4, -0.2) is 29.1 Å². The van der Waals surface area contributed by atoms with Crippen LogP contribution in [0, 0.1) is 0 Å². The lowest BCUT2D eigenvalue weighted by atomic mass is 10.1. The summed E-state index contributed by atoms with van der Waals surface area (Å²) in [6, 6.07) is 13.9. The number of hydrogen-bond donors (Lipinski definition) is 0. The molecule has 4 rings (SSSR count). The van der Waals surface area contributed by atoms with Crippen LogP contribution in [0.15, 0.2) is 48.5 Å². The molecule has 2 aliphatic rings. The maximum absolute atomic E-state index is 13.3. The van der Waals surface area contributed by atoms with Crippen LogP contribution in [0.4, 0.5) is 10.5 Å². The zero-order valence-electron chi connectivity index (χ0n) is 12.4. The summed E-state index contributed by atoms with van der Waals surface area (Å²) in [6.07, 6.45) is 0. The number of urea groups is 1. The van der Waals surface area contributed by atoms with Crippen molar-refractivity contribution in [2.24, 2.45) is 0 Å². The van der Waals surface area contributed by atoms with Crippen molar-refractivity contribution in [2.45, 2.75) is 4.87 Å². The first-order valence-corrected chi connectivity index (χ1v) is 9.10. The van der Waals surface area contributed by atoms with Crippen LogP contribution in [0.5, 0.6) is 0 Å². The van der Waals surface area contributed by atoms with E-state index in [9.17, 15) is 9.59 Å². The molecule has 2 heterocycles. The highest BCUT2D eigenvalue weighted by molar-refractivity contribution is 8.01. The Kier molecular flexibility index (Phi) is 3.75. The van der Waals surface area contributed by atoms with E-state index in [1.807, 2.05) is 30.3 Å². The van der Waals surface area contributed by atoms with Gasteiger partial charge >= 0.3 is 6.03 Å². The maximum Gasteiger partial charge on any atom is 0.333 e. The molecule has 2 aromatic rings. The second-order valence-electron chi connectivity index (χ2n) is 5.53. The molecule has 2 saturated heterocycles. The summed E-state index contributed by atoms with van der Waals surface area (Å²) >= 11 is 13.5. The Bertz CT molecular complexity index is 846. The summed E-state index contributed by atoms with van der Waals surface area (Å²) < 4.78 is 0. The number of anilines is 1. The van der Waals surface area contributed by atoms with Crippen molar-refractivity contribution in [3.63, 3.8) is 0 Å². The summed E-state index contributed by atoms with van der Waals surface area (Å²) in [5.41, 5.74) is 1.25. The number of amides is 3. The number of rotatable bonds is 2. The van der Waals surface area contributed by atoms with E-state index in [1.165, 1.54) is 16.7 Å². The summed E-state index contributed by atoms with van der Waals surface area (Å²) in [4.78, 5) is 28.0. The molecular weight excluding hydrogens is 367 g/mol. The van der Waals surface area contributed by atoms with Crippen LogP contribution in [0.1, 0.15) is 5.56 Å². The van der Waals surface area contributed by atoms with E-state index in [4.69, 9.17) is 23.2 Å². The predicted molar refractivity (Wildman–Crippen MR) is 96.6 cm³/mol. The summed E-state index contributed by atoms with van der Waals surface area (Å²) in [6.45, 7) is 0.530. The van der Waals surface area contributed by atoms with Gasteiger partial charge in [-0.25, -0.2) is 9.69 Å². The number of halogens is 2. The molecule has 0 radical (unpaired) electrons. The highest BCUT2D eigenvalue weighted by Gasteiger charge is 2.61. The molecule has 0 bridgehead atoms. The number of benzene rings is 2. The number of fused-ring (bicyclic) bond motifs is 1. The summed E-state index contributed by atoms with van der Waals surface area (Å²) in [5.74, 6) is 0.460. The third-order valence-electron chi connectivity index (χ3n) is 4.25. The Hall–Kier alpha value is -1.69. The van der Waals surface area contributed by atoms with Gasteiger partial charge in [-0.15, -0.1) is 11.8 Å². The normalized spacial score (nSPS) is 23.1. The van der Waals surface area contributed by atoms with E-state index in [0.717, 1.165) is 11.3 Å². The van der Waals surface area contributed by atoms with Gasteiger partial charge in [-0.05, 0) is 23.8 Å². The number of nitrogens with zero attached hydrogens (tertiary/aromatic N) is 2.